The zero-order chi connectivity index (χ0) is 14.0. The summed E-state index contributed by atoms with van der Waals surface area (Å²) in [5.41, 5.74) is 1.12. The summed E-state index contributed by atoms with van der Waals surface area (Å²) >= 11 is 5.55. The van der Waals surface area contributed by atoms with Crippen LogP contribution in [0.4, 0.5) is 14.5 Å². The first-order valence-corrected chi connectivity index (χ1v) is 5.88. The van der Waals surface area contributed by atoms with Crippen LogP contribution >= 0.6 is 11.6 Å². The van der Waals surface area contributed by atoms with Gasteiger partial charge in [0.2, 0.25) is 0 Å². The Labute approximate surface area is 114 Å². The maximum Gasteiger partial charge on any atom is 0.255 e. The first-order chi connectivity index (χ1) is 8.97. The Morgan fingerprint density at radius 1 is 1.16 bits per heavy atom. The van der Waals surface area contributed by atoms with Crippen molar-refractivity contribution in [3.05, 3.63) is 64.2 Å². The maximum absolute atomic E-state index is 13.2. The fourth-order valence-electron chi connectivity index (χ4n) is 1.65. The van der Waals surface area contributed by atoms with Crippen LogP contribution in [0.5, 0.6) is 0 Å². The monoisotopic (exact) mass is 281 g/mol. The molecule has 0 heterocycles. The van der Waals surface area contributed by atoms with Crippen molar-refractivity contribution in [1.82, 2.24) is 0 Å². The number of halogens is 3. The van der Waals surface area contributed by atoms with E-state index in [0.717, 1.165) is 6.07 Å². The van der Waals surface area contributed by atoms with E-state index in [4.69, 9.17) is 11.6 Å². The quantitative estimate of drug-likeness (QED) is 0.879. The molecule has 0 aromatic heterocycles. The lowest BCUT2D eigenvalue weighted by molar-refractivity contribution is 0.102. The van der Waals surface area contributed by atoms with E-state index >= 15 is 0 Å². The molecule has 5 heteroatoms. The summed E-state index contributed by atoms with van der Waals surface area (Å²) in [5.74, 6) is -1.46. The summed E-state index contributed by atoms with van der Waals surface area (Å²) < 4.78 is 26.2. The van der Waals surface area contributed by atoms with Crippen molar-refractivity contribution < 1.29 is 13.6 Å². The predicted molar refractivity (Wildman–Crippen MR) is 70.5 cm³/mol. The smallest absolute Gasteiger partial charge is 0.255 e. The third-order valence-electron chi connectivity index (χ3n) is 2.61. The number of benzene rings is 2. The van der Waals surface area contributed by atoms with Gasteiger partial charge in [-0.05, 0) is 48.9 Å². The van der Waals surface area contributed by atoms with Crippen LogP contribution < -0.4 is 5.32 Å². The molecule has 0 aliphatic heterocycles. The van der Waals surface area contributed by atoms with E-state index in [1.165, 1.54) is 30.3 Å². The minimum atomic E-state index is -0.615. The average Bonchev–Trinajstić information content (AvgIpc) is 2.33. The van der Waals surface area contributed by atoms with Gasteiger partial charge in [0.05, 0.1) is 5.02 Å². The number of anilines is 1. The molecule has 0 saturated heterocycles. The standard InChI is InChI=1S/C14H10ClF2NO/c1-8-6-9(16)2-4-11(8)14(19)18-10-3-5-12(15)13(17)7-10/h2-7H,1H3,(H,18,19). The number of amides is 1. The van der Waals surface area contributed by atoms with Crippen LogP contribution in [-0.4, -0.2) is 5.91 Å². The van der Waals surface area contributed by atoms with Crippen LogP contribution in [0.2, 0.25) is 5.02 Å². The van der Waals surface area contributed by atoms with Crippen molar-refractivity contribution in [2.75, 3.05) is 5.32 Å². The zero-order valence-corrected chi connectivity index (χ0v) is 10.8. The SMILES string of the molecule is Cc1cc(F)ccc1C(=O)Nc1ccc(Cl)c(F)c1. The second kappa shape index (κ2) is 5.36. The molecule has 2 aromatic rings. The van der Waals surface area contributed by atoms with Gasteiger partial charge >= 0.3 is 0 Å². The Hall–Kier alpha value is -1.94. The number of rotatable bonds is 2. The summed E-state index contributed by atoms with van der Waals surface area (Å²) in [6.45, 7) is 1.63. The first kappa shape index (κ1) is 13.5. The predicted octanol–water partition coefficient (Wildman–Crippen LogP) is 4.18. The van der Waals surface area contributed by atoms with Crippen molar-refractivity contribution in [2.45, 2.75) is 6.92 Å². The molecule has 98 valence electrons. The number of carbonyl (C=O) groups is 1. The van der Waals surface area contributed by atoms with Crippen LogP contribution in [0.3, 0.4) is 0 Å². The Morgan fingerprint density at radius 3 is 2.53 bits per heavy atom. The lowest BCUT2D eigenvalue weighted by atomic mass is 10.1. The van der Waals surface area contributed by atoms with Crippen molar-refractivity contribution in [3.8, 4) is 0 Å². The van der Waals surface area contributed by atoms with E-state index in [0.29, 0.717) is 11.1 Å². The van der Waals surface area contributed by atoms with Gasteiger partial charge in [-0.25, -0.2) is 8.78 Å². The molecule has 2 rings (SSSR count). The fraction of sp³-hybridized carbons (Fsp3) is 0.0714. The Bertz CT molecular complexity index is 643. The Morgan fingerprint density at radius 2 is 1.89 bits per heavy atom. The topological polar surface area (TPSA) is 29.1 Å². The highest BCUT2D eigenvalue weighted by molar-refractivity contribution is 6.30. The molecular formula is C14H10ClF2NO. The molecule has 0 radical (unpaired) electrons. The lowest BCUT2D eigenvalue weighted by Crippen LogP contribution is -2.13. The van der Waals surface area contributed by atoms with E-state index in [2.05, 4.69) is 5.32 Å². The van der Waals surface area contributed by atoms with E-state index in [1.54, 1.807) is 6.92 Å². The zero-order valence-electron chi connectivity index (χ0n) is 10.0. The second-order valence-electron chi connectivity index (χ2n) is 4.04. The fourth-order valence-corrected chi connectivity index (χ4v) is 1.77. The molecule has 0 saturated carbocycles. The molecule has 0 aliphatic carbocycles. The van der Waals surface area contributed by atoms with Crippen LogP contribution in [-0.2, 0) is 0 Å². The molecule has 1 amide bonds. The Kier molecular flexibility index (Phi) is 3.81. The molecular weight excluding hydrogens is 272 g/mol. The lowest BCUT2D eigenvalue weighted by Gasteiger charge is -2.08. The highest BCUT2D eigenvalue weighted by atomic mass is 35.5. The van der Waals surface area contributed by atoms with Crippen LogP contribution in [0.25, 0.3) is 0 Å². The number of carbonyl (C=O) groups excluding carboxylic acids is 1. The van der Waals surface area contributed by atoms with Crippen molar-refractivity contribution in [3.63, 3.8) is 0 Å². The largest absolute Gasteiger partial charge is 0.322 e. The van der Waals surface area contributed by atoms with Crippen molar-refractivity contribution in [2.24, 2.45) is 0 Å². The Balaban J connectivity index is 2.23. The molecule has 0 unspecified atom stereocenters. The van der Waals surface area contributed by atoms with Gasteiger partial charge in [-0.2, -0.15) is 0 Å². The maximum atomic E-state index is 13.2. The average molecular weight is 282 g/mol. The first-order valence-electron chi connectivity index (χ1n) is 5.50. The van der Waals surface area contributed by atoms with Gasteiger partial charge in [-0.3, -0.25) is 4.79 Å². The number of hydrogen-bond acceptors (Lipinski definition) is 1. The summed E-state index contributed by atoms with van der Waals surface area (Å²) in [6.07, 6.45) is 0. The molecule has 0 fully saturated rings. The highest BCUT2D eigenvalue weighted by Gasteiger charge is 2.11. The normalized spacial score (nSPS) is 10.3. The summed E-state index contributed by atoms with van der Waals surface area (Å²) in [7, 11) is 0. The molecule has 2 aromatic carbocycles. The molecule has 0 atom stereocenters. The number of nitrogens with one attached hydrogen (secondary N) is 1. The third kappa shape index (κ3) is 3.09. The summed E-state index contributed by atoms with van der Waals surface area (Å²) in [5, 5.41) is 2.51. The van der Waals surface area contributed by atoms with Gasteiger partial charge in [0.25, 0.3) is 5.91 Å². The van der Waals surface area contributed by atoms with Crippen LogP contribution in [0, 0.1) is 18.6 Å². The number of aryl methyl sites for hydroxylation is 1. The van der Waals surface area contributed by atoms with Crippen LogP contribution in [0.1, 0.15) is 15.9 Å². The summed E-state index contributed by atoms with van der Waals surface area (Å²) in [6, 6.07) is 7.80. The molecule has 2 nitrogen and oxygen atoms in total. The molecule has 1 N–H and O–H groups in total. The van der Waals surface area contributed by atoms with Gasteiger partial charge in [0.15, 0.2) is 0 Å². The third-order valence-corrected chi connectivity index (χ3v) is 2.92. The van der Waals surface area contributed by atoms with Crippen LogP contribution in [0.15, 0.2) is 36.4 Å². The van der Waals surface area contributed by atoms with Gasteiger partial charge in [0.1, 0.15) is 11.6 Å². The van der Waals surface area contributed by atoms with Crippen molar-refractivity contribution >= 4 is 23.2 Å². The van der Waals surface area contributed by atoms with E-state index in [9.17, 15) is 13.6 Å². The van der Waals surface area contributed by atoms with Crippen molar-refractivity contribution in [1.29, 1.82) is 0 Å². The molecule has 0 spiro atoms. The van der Waals surface area contributed by atoms with Gasteiger partial charge in [-0.15, -0.1) is 0 Å². The molecule has 19 heavy (non-hydrogen) atoms. The van der Waals surface area contributed by atoms with Gasteiger partial charge in [-0.1, -0.05) is 11.6 Å². The molecule has 0 aliphatic rings. The molecule has 0 bridgehead atoms. The van der Waals surface area contributed by atoms with E-state index in [-0.39, 0.29) is 10.7 Å². The van der Waals surface area contributed by atoms with E-state index < -0.39 is 17.5 Å². The highest BCUT2D eigenvalue weighted by Crippen LogP contribution is 2.20. The second-order valence-corrected chi connectivity index (χ2v) is 4.45. The minimum absolute atomic E-state index is 0.0176. The van der Waals surface area contributed by atoms with Gasteiger partial charge in [0, 0.05) is 11.3 Å². The minimum Gasteiger partial charge on any atom is -0.322 e. The summed E-state index contributed by atoms with van der Waals surface area (Å²) in [4.78, 5) is 12.0. The number of hydrogen-bond donors (Lipinski definition) is 1. The van der Waals surface area contributed by atoms with E-state index in [1.807, 2.05) is 0 Å². The van der Waals surface area contributed by atoms with Gasteiger partial charge < -0.3 is 5.32 Å².